The van der Waals surface area contributed by atoms with E-state index in [9.17, 15) is 17.6 Å². The van der Waals surface area contributed by atoms with Gasteiger partial charge in [-0.3, -0.25) is 4.79 Å². The van der Waals surface area contributed by atoms with E-state index >= 15 is 0 Å². The second-order valence-electron chi connectivity index (χ2n) is 6.95. The third-order valence-electron chi connectivity index (χ3n) is 4.77. The number of hydrogen-bond acceptors (Lipinski definition) is 4. The summed E-state index contributed by atoms with van der Waals surface area (Å²) in [7, 11) is -3.48. The van der Waals surface area contributed by atoms with Crippen LogP contribution in [0.4, 0.5) is 15.8 Å². The number of carbonyl (C=O) groups excluding carboxylic acids is 1. The van der Waals surface area contributed by atoms with Crippen LogP contribution in [0.2, 0.25) is 0 Å². The molecule has 1 heterocycles. The van der Waals surface area contributed by atoms with Crippen molar-refractivity contribution in [3.05, 3.63) is 53.8 Å². The summed E-state index contributed by atoms with van der Waals surface area (Å²) in [4.78, 5) is 12.6. The summed E-state index contributed by atoms with van der Waals surface area (Å²) in [5.74, 6) is -0.649. The summed E-state index contributed by atoms with van der Waals surface area (Å²) in [5, 5.41) is 5.68. The van der Waals surface area contributed by atoms with Crippen LogP contribution in [0, 0.1) is 12.7 Å². The first kappa shape index (κ1) is 20.3. The van der Waals surface area contributed by atoms with Gasteiger partial charge in [-0.1, -0.05) is 6.07 Å². The molecule has 2 aromatic rings. The first-order chi connectivity index (χ1) is 13.3. The van der Waals surface area contributed by atoms with Gasteiger partial charge in [0.1, 0.15) is 11.9 Å². The number of benzene rings is 2. The molecule has 1 atom stereocenters. The molecular weight excluding hydrogens is 381 g/mol. The van der Waals surface area contributed by atoms with Crippen molar-refractivity contribution in [1.82, 2.24) is 4.31 Å². The average Bonchev–Trinajstić information content (AvgIpc) is 3.21. The molecule has 1 aliphatic rings. The van der Waals surface area contributed by atoms with Crippen LogP contribution < -0.4 is 10.6 Å². The molecule has 150 valence electrons. The highest BCUT2D eigenvalue weighted by molar-refractivity contribution is 7.89. The molecule has 28 heavy (non-hydrogen) atoms. The molecule has 2 N–H and O–H groups in total. The lowest BCUT2D eigenvalue weighted by molar-refractivity contribution is -0.116. The molecule has 0 aliphatic carbocycles. The third kappa shape index (κ3) is 4.51. The number of nitrogens with zero attached hydrogens (tertiary/aromatic N) is 1. The molecule has 0 unspecified atom stereocenters. The summed E-state index contributed by atoms with van der Waals surface area (Å²) in [6.45, 7) is 4.43. The van der Waals surface area contributed by atoms with E-state index in [1.54, 1.807) is 38.1 Å². The van der Waals surface area contributed by atoms with E-state index in [1.165, 1.54) is 22.5 Å². The fourth-order valence-corrected chi connectivity index (χ4v) is 4.55. The third-order valence-corrected chi connectivity index (χ3v) is 6.69. The lowest BCUT2D eigenvalue weighted by Crippen LogP contribution is -2.32. The van der Waals surface area contributed by atoms with E-state index in [1.807, 2.05) is 0 Å². The number of carbonyl (C=O) groups is 1. The standard InChI is InChI=1S/C20H24FN3O3S/c1-14-5-6-17(13-19(14)21)22-15(2)20(25)23-16-7-9-18(10-8-16)28(26,27)24-11-3-4-12-24/h5-10,13,15,22H,3-4,11-12H2,1-2H3,(H,23,25)/t15-/m0/s1. The van der Waals surface area contributed by atoms with E-state index in [2.05, 4.69) is 10.6 Å². The average molecular weight is 405 g/mol. The fourth-order valence-electron chi connectivity index (χ4n) is 3.04. The molecule has 1 saturated heterocycles. The van der Waals surface area contributed by atoms with Crippen LogP contribution in [-0.2, 0) is 14.8 Å². The van der Waals surface area contributed by atoms with Crippen molar-refractivity contribution in [2.24, 2.45) is 0 Å². The molecule has 0 aromatic heterocycles. The maximum absolute atomic E-state index is 13.6. The second kappa shape index (κ2) is 8.28. The minimum atomic E-state index is -3.48. The van der Waals surface area contributed by atoms with Crippen molar-refractivity contribution in [2.45, 2.75) is 37.6 Å². The van der Waals surface area contributed by atoms with Crippen LogP contribution in [0.1, 0.15) is 25.3 Å². The summed E-state index contributed by atoms with van der Waals surface area (Å²) in [6, 6.07) is 10.2. The zero-order valence-electron chi connectivity index (χ0n) is 15.9. The van der Waals surface area contributed by atoms with Crippen molar-refractivity contribution in [3.8, 4) is 0 Å². The number of rotatable bonds is 6. The number of nitrogens with one attached hydrogen (secondary N) is 2. The zero-order valence-corrected chi connectivity index (χ0v) is 16.7. The molecular formula is C20H24FN3O3S. The highest BCUT2D eigenvalue weighted by Gasteiger charge is 2.27. The largest absolute Gasteiger partial charge is 0.374 e. The predicted octanol–water partition coefficient (Wildman–Crippen LogP) is 3.36. The van der Waals surface area contributed by atoms with E-state index in [0.29, 0.717) is 30.0 Å². The van der Waals surface area contributed by atoms with E-state index in [0.717, 1.165) is 12.8 Å². The molecule has 0 saturated carbocycles. The number of aryl methyl sites for hydroxylation is 1. The second-order valence-corrected chi connectivity index (χ2v) is 8.89. The lowest BCUT2D eigenvalue weighted by atomic mass is 10.2. The summed E-state index contributed by atoms with van der Waals surface area (Å²) in [6.07, 6.45) is 1.76. The van der Waals surface area contributed by atoms with Gasteiger partial charge in [-0.05, 0) is 68.7 Å². The van der Waals surface area contributed by atoms with E-state index in [4.69, 9.17) is 0 Å². The van der Waals surface area contributed by atoms with Crippen LogP contribution in [0.3, 0.4) is 0 Å². The molecule has 1 fully saturated rings. The lowest BCUT2D eigenvalue weighted by Gasteiger charge is -2.17. The maximum Gasteiger partial charge on any atom is 0.246 e. The Kier molecular flexibility index (Phi) is 6.00. The maximum atomic E-state index is 13.6. The summed E-state index contributed by atoms with van der Waals surface area (Å²) in [5.41, 5.74) is 1.54. The van der Waals surface area contributed by atoms with Crippen molar-refractivity contribution in [3.63, 3.8) is 0 Å². The topological polar surface area (TPSA) is 78.5 Å². The molecule has 1 amide bonds. The van der Waals surface area contributed by atoms with Gasteiger partial charge >= 0.3 is 0 Å². The van der Waals surface area contributed by atoms with E-state index < -0.39 is 16.1 Å². The number of amides is 1. The molecule has 0 radical (unpaired) electrons. The van der Waals surface area contributed by atoms with Crippen LogP contribution >= 0.6 is 0 Å². The van der Waals surface area contributed by atoms with Crippen molar-refractivity contribution >= 4 is 27.3 Å². The Bertz CT molecular complexity index is 955. The number of sulfonamides is 1. The van der Waals surface area contributed by atoms with Crippen molar-refractivity contribution < 1.29 is 17.6 Å². The molecule has 3 rings (SSSR count). The Labute approximate surface area is 164 Å². The Hall–Kier alpha value is -2.45. The summed E-state index contributed by atoms with van der Waals surface area (Å²) >= 11 is 0. The highest BCUT2D eigenvalue weighted by Crippen LogP contribution is 2.22. The minimum absolute atomic E-state index is 0.216. The monoisotopic (exact) mass is 405 g/mol. The fraction of sp³-hybridized carbons (Fsp3) is 0.350. The normalized spacial score (nSPS) is 16.0. The van der Waals surface area contributed by atoms with E-state index in [-0.39, 0.29) is 16.6 Å². The zero-order chi connectivity index (χ0) is 20.3. The Morgan fingerprint density at radius 2 is 1.68 bits per heavy atom. The smallest absolute Gasteiger partial charge is 0.246 e. The van der Waals surface area contributed by atoms with Gasteiger partial charge in [0.15, 0.2) is 0 Å². The number of hydrogen-bond donors (Lipinski definition) is 2. The molecule has 0 bridgehead atoms. The van der Waals surface area contributed by atoms with Crippen LogP contribution in [0.15, 0.2) is 47.4 Å². The van der Waals surface area contributed by atoms with Gasteiger partial charge in [-0.2, -0.15) is 4.31 Å². The molecule has 1 aliphatic heterocycles. The quantitative estimate of drug-likeness (QED) is 0.773. The van der Waals surface area contributed by atoms with Gasteiger partial charge in [0.05, 0.1) is 4.90 Å². The molecule has 6 nitrogen and oxygen atoms in total. The Morgan fingerprint density at radius 3 is 2.29 bits per heavy atom. The van der Waals surface area contributed by atoms with Gasteiger partial charge < -0.3 is 10.6 Å². The number of anilines is 2. The van der Waals surface area contributed by atoms with Crippen LogP contribution in [0.5, 0.6) is 0 Å². The summed E-state index contributed by atoms with van der Waals surface area (Å²) < 4.78 is 40.2. The first-order valence-corrected chi connectivity index (χ1v) is 10.6. The van der Waals surface area contributed by atoms with Gasteiger partial charge in [0, 0.05) is 24.5 Å². The Balaban J connectivity index is 1.62. The molecule has 0 spiro atoms. The SMILES string of the molecule is Cc1ccc(N[C@@H](C)C(=O)Nc2ccc(S(=O)(=O)N3CCCC3)cc2)cc1F. The van der Waals surface area contributed by atoms with Gasteiger partial charge in [-0.15, -0.1) is 0 Å². The molecule has 8 heteroatoms. The van der Waals surface area contributed by atoms with Crippen LogP contribution in [-0.4, -0.2) is 37.8 Å². The van der Waals surface area contributed by atoms with Crippen molar-refractivity contribution in [1.29, 1.82) is 0 Å². The van der Waals surface area contributed by atoms with Crippen LogP contribution in [0.25, 0.3) is 0 Å². The highest BCUT2D eigenvalue weighted by atomic mass is 32.2. The van der Waals surface area contributed by atoms with Crippen molar-refractivity contribution in [2.75, 3.05) is 23.7 Å². The predicted molar refractivity (Wildman–Crippen MR) is 107 cm³/mol. The minimum Gasteiger partial charge on any atom is -0.374 e. The van der Waals surface area contributed by atoms with Gasteiger partial charge in [-0.25, -0.2) is 12.8 Å². The first-order valence-electron chi connectivity index (χ1n) is 9.21. The number of halogens is 1. The Morgan fingerprint density at radius 1 is 1.07 bits per heavy atom. The van der Waals surface area contributed by atoms with Gasteiger partial charge in [0.2, 0.25) is 15.9 Å². The van der Waals surface area contributed by atoms with Gasteiger partial charge in [0.25, 0.3) is 0 Å². The molecule has 2 aromatic carbocycles.